The van der Waals surface area contributed by atoms with Crippen LogP contribution in [0.15, 0.2) is 42.5 Å². The van der Waals surface area contributed by atoms with Gasteiger partial charge >= 0.3 is 0 Å². The Kier molecular flexibility index (Phi) is 3.61. The van der Waals surface area contributed by atoms with Crippen LogP contribution < -0.4 is 0 Å². The van der Waals surface area contributed by atoms with Crippen LogP contribution >= 0.6 is 0 Å². The lowest BCUT2D eigenvalue weighted by Gasteiger charge is -2.03. The molecule has 0 fully saturated rings. The largest absolute Gasteiger partial charge is 0.508 e. The Morgan fingerprint density at radius 2 is 1.55 bits per heavy atom. The van der Waals surface area contributed by atoms with E-state index in [2.05, 4.69) is 0 Å². The second-order valence-corrected chi connectivity index (χ2v) is 4.11. The molecule has 0 saturated carbocycles. The van der Waals surface area contributed by atoms with E-state index in [9.17, 15) is 20.1 Å². The van der Waals surface area contributed by atoms with Gasteiger partial charge in [-0.2, -0.15) is 0 Å². The van der Waals surface area contributed by atoms with Gasteiger partial charge in [-0.05, 0) is 36.4 Å². The van der Waals surface area contributed by atoms with Gasteiger partial charge in [0.05, 0.1) is 11.1 Å². The lowest BCUT2D eigenvalue weighted by molar-refractivity contribution is 0.104. The zero-order valence-corrected chi connectivity index (χ0v) is 10.3. The number of phenolic OH excluding ortho intramolecular Hbond substituents is 4. The molecule has 20 heavy (non-hydrogen) atoms. The molecular weight excluding hydrogens is 260 g/mol. The smallest absolute Gasteiger partial charge is 0.189 e. The lowest BCUT2D eigenvalue weighted by atomic mass is 10.1. The maximum absolute atomic E-state index is 11.9. The van der Waals surface area contributed by atoms with Crippen molar-refractivity contribution >= 4 is 11.9 Å². The van der Waals surface area contributed by atoms with Gasteiger partial charge in [0.15, 0.2) is 5.78 Å². The summed E-state index contributed by atoms with van der Waals surface area (Å²) in [7, 11) is 0. The van der Waals surface area contributed by atoms with E-state index in [1.165, 1.54) is 36.4 Å². The van der Waals surface area contributed by atoms with Crippen LogP contribution in [0.4, 0.5) is 0 Å². The minimum Gasteiger partial charge on any atom is -0.508 e. The molecule has 5 nitrogen and oxygen atoms in total. The minimum absolute atomic E-state index is 0.00830. The molecule has 0 saturated heterocycles. The van der Waals surface area contributed by atoms with Crippen molar-refractivity contribution in [2.45, 2.75) is 0 Å². The molecule has 2 aromatic rings. The van der Waals surface area contributed by atoms with Crippen LogP contribution in [0, 0.1) is 0 Å². The summed E-state index contributed by atoms with van der Waals surface area (Å²) in [5.74, 6) is -1.35. The third-order valence-electron chi connectivity index (χ3n) is 2.71. The van der Waals surface area contributed by atoms with E-state index < -0.39 is 5.78 Å². The Bertz CT molecular complexity index is 668. The summed E-state index contributed by atoms with van der Waals surface area (Å²) in [6.45, 7) is 0. The standard InChI is InChI=1S/C15H12O5/c16-9-4-5-11(15(20)8-9)14(19)7-6-10-12(17)2-1-3-13(10)18/h1-8,16-18,20H. The predicted molar refractivity (Wildman–Crippen MR) is 72.9 cm³/mol. The van der Waals surface area contributed by atoms with Crippen molar-refractivity contribution in [3.8, 4) is 23.0 Å². The van der Waals surface area contributed by atoms with Crippen LogP contribution in [0.2, 0.25) is 0 Å². The Morgan fingerprint density at radius 1 is 0.900 bits per heavy atom. The fourth-order valence-electron chi connectivity index (χ4n) is 1.69. The van der Waals surface area contributed by atoms with Gasteiger partial charge < -0.3 is 20.4 Å². The summed E-state index contributed by atoms with van der Waals surface area (Å²) in [5, 5.41) is 37.8. The highest BCUT2D eigenvalue weighted by Gasteiger charge is 2.10. The van der Waals surface area contributed by atoms with Crippen LogP contribution in [0.5, 0.6) is 23.0 Å². The molecule has 0 aliphatic carbocycles. The van der Waals surface area contributed by atoms with Crippen LogP contribution in [0.3, 0.4) is 0 Å². The number of carbonyl (C=O) groups excluding carboxylic acids is 1. The zero-order chi connectivity index (χ0) is 14.7. The van der Waals surface area contributed by atoms with Crippen molar-refractivity contribution < 1.29 is 25.2 Å². The van der Waals surface area contributed by atoms with E-state index in [1.807, 2.05) is 0 Å². The van der Waals surface area contributed by atoms with Gasteiger partial charge in [-0.25, -0.2) is 0 Å². The van der Waals surface area contributed by atoms with Crippen molar-refractivity contribution in [2.24, 2.45) is 0 Å². The highest BCUT2D eigenvalue weighted by molar-refractivity contribution is 6.08. The fourth-order valence-corrected chi connectivity index (χ4v) is 1.69. The fraction of sp³-hybridized carbons (Fsp3) is 0. The maximum atomic E-state index is 11.9. The van der Waals surface area contributed by atoms with Gasteiger partial charge in [0.2, 0.25) is 0 Å². The predicted octanol–water partition coefficient (Wildman–Crippen LogP) is 2.41. The SMILES string of the molecule is O=C(C=Cc1c(O)cccc1O)c1ccc(O)cc1O. The van der Waals surface area contributed by atoms with Crippen LogP contribution in [0.25, 0.3) is 6.08 Å². The molecule has 0 spiro atoms. The first kappa shape index (κ1) is 13.5. The molecule has 0 heterocycles. The monoisotopic (exact) mass is 272 g/mol. The highest BCUT2D eigenvalue weighted by atomic mass is 16.3. The van der Waals surface area contributed by atoms with Crippen molar-refractivity contribution in [1.29, 1.82) is 0 Å². The van der Waals surface area contributed by atoms with Gasteiger partial charge in [0.25, 0.3) is 0 Å². The lowest BCUT2D eigenvalue weighted by Crippen LogP contribution is -1.94. The van der Waals surface area contributed by atoms with Gasteiger partial charge in [-0.3, -0.25) is 4.79 Å². The van der Waals surface area contributed by atoms with Crippen molar-refractivity contribution in [3.05, 3.63) is 53.6 Å². The third-order valence-corrected chi connectivity index (χ3v) is 2.71. The molecule has 0 aliphatic heterocycles. The van der Waals surface area contributed by atoms with Crippen LogP contribution in [0.1, 0.15) is 15.9 Å². The summed E-state index contributed by atoms with van der Waals surface area (Å²) < 4.78 is 0. The number of allylic oxidation sites excluding steroid dienone is 1. The normalized spacial score (nSPS) is 10.8. The number of hydrogen-bond donors (Lipinski definition) is 4. The van der Waals surface area contributed by atoms with E-state index in [4.69, 9.17) is 5.11 Å². The first-order chi connectivity index (χ1) is 9.49. The van der Waals surface area contributed by atoms with Crippen molar-refractivity contribution in [1.82, 2.24) is 0 Å². The minimum atomic E-state index is -0.523. The van der Waals surface area contributed by atoms with Gasteiger partial charge in [0.1, 0.15) is 23.0 Å². The van der Waals surface area contributed by atoms with Gasteiger partial charge in [-0.15, -0.1) is 0 Å². The van der Waals surface area contributed by atoms with Gasteiger partial charge in [0, 0.05) is 6.07 Å². The second-order valence-electron chi connectivity index (χ2n) is 4.11. The second kappa shape index (κ2) is 5.36. The molecule has 0 atom stereocenters. The van der Waals surface area contributed by atoms with Crippen LogP contribution in [-0.2, 0) is 0 Å². The number of hydrogen-bond acceptors (Lipinski definition) is 5. The number of benzene rings is 2. The van der Waals surface area contributed by atoms with E-state index in [-0.39, 0.29) is 34.1 Å². The first-order valence-corrected chi connectivity index (χ1v) is 5.74. The molecule has 0 radical (unpaired) electrons. The number of phenols is 4. The molecule has 0 aliphatic rings. The summed E-state index contributed by atoms with van der Waals surface area (Å²) in [4.78, 5) is 11.9. The summed E-state index contributed by atoms with van der Waals surface area (Å²) in [5.41, 5.74) is 0.119. The average molecular weight is 272 g/mol. The van der Waals surface area contributed by atoms with E-state index in [0.717, 1.165) is 12.1 Å². The summed E-state index contributed by atoms with van der Waals surface area (Å²) in [6.07, 6.45) is 2.36. The quantitative estimate of drug-likeness (QED) is 0.508. The van der Waals surface area contributed by atoms with Crippen molar-refractivity contribution in [2.75, 3.05) is 0 Å². The molecule has 5 heteroatoms. The van der Waals surface area contributed by atoms with Crippen LogP contribution in [-0.4, -0.2) is 26.2 Å². The summed E-state index contributed by atoms with van der Waals surface area (Å²) >= 11 is 0. The molecular formula is C15H12O5. The Labute approximate surface area is 114 Å². The molecule has 4 N–H and O–H groups in total. The zero-order valence-electron chi connectivity index (χ0n) is 10.3. The molecule has 0 unspecified atom stereocenters. The summed E-state index contributed by atoms with van der Waals surface area (Å²) in [6, 6.07) is 7.83. The maximum Gasteiger partial charge on any atom is 0.189 e. The molecule has 0 bridgehead atoms. The van der Waals surface area contributed by atoms with Gasteiger partial charge in [-0.1, -0.05) is 6.07 Å². The number of rotatable bonds is 3. The van der Waals surface area contributed by atoms with E-state index in [0.29, 0.717) is 0 Å². The molecule has 0 aromatic heterocycles. The average Bonchev–Trinajstić information content (AvgIpc) is 2.37. The Hall–Kier alpha value is -2.95. The molecule has 0 amide bonds. The highest BCUT2D eigenvalue weighted by Crippen LogP contribution is 2.28. The first-order valence-electron chi connectivity index (χ1n) is 5.74. The Balaban J connectivity index is 2.30. The van der Waals surface area contributed by atoms with E-state index in [1.54, 1.807) is 0 Å². The number of aromatic hydroxyl groups is 4. The molecule has 2 aromatic carbocycles. The topological polar surface area (TPSA) is 98.0 Å². The third kappa shape index (κ3) is 2.72. The molecule has 102 valence electrons. The number of carbonyl (C=O) groups is 1. The van der Waals surface area contributed by atoms with Crippen molar-refractivity contribution in [3.63, 3.8) is 0 Å². The van der Waals surface area contributed by atoms with E-state index >= 15 is 0 Å². The number of ketones is 1. The Morgan fingerprint density at radius 3 is 2.15 bits per heavy atom. The molecule has 2 rings (SSSR count).